The Bertz CT molecular complexity index is 137. The molecule has 2 unspecified atom stereocenters. The van der Waals surface area contributed by atoms with Crippen LogP contribution in [0.2, 0.25) is 0 Å². The SMILES string of the molecule is CC[CH-]CC[CH-]C1CCCCC1CC.[Li+].[Li+]. The first-order valence-electron chi connectivity index (χ1n) is 6.53. The average Bonchev–Trinajstić information content (AvgIpc) is 2.25. The molecule has 0 nitrogen and oxygen atoms in total. The van der Waals surface area contributed by atoms with Crippen LogP contribution in [-0.2, 0) is 0 Å². The number of unbranched alkanes of at least 4 members (excludes halogenated alkanes) is 3. The summed E-state index contributed by atoms with van der Waals surface area (Å²) in [6.45, 7) is 4.59. The van der Waals surface area contributed by atoms with E-state index < -0.39 is 0 Å². The van der Waals surface area contributed by atoms with Crippen LogP contribution >= 0.6 is 0 Å². The van der Waals surface area contributed by atoms with Gasteiger partial charge in [0.15, 0.2) is 0 Å². The minimum atomic E-state index is 0. The van der Waals surface area contributed by atoms with Gasteiger partial charge in [-0.15, -0.1) is 0 Å². The standard InChI is InChI=1S/C14H26.2Li/c1-3-5-6-7-11-14-12-9-8-10-13(14)4-2;;/h5,11,13-14H,3-4,6-10,12H2,1-2H3;;/q-2;2*+1. The fourth-order valence-electron chi connectivity index (χ4n) is 2.69. The molecule has 1 fully saturated rings. The molecule has 1 aliphatic carbocycles. The number of hydrogen-bond acceptors (Lipinski definition) is 0. The molecular weight excluding hydrogens is 182 g/mol. The van der Waals surface area contributed by atoms with Crippen LogP contribution < -0.4 is 37.7 Å². The molecule has 1 saturated carbocycles. The van der Waals surface area contributed by atoms with Gasteiger partial charge in [0, 0.05) is 0 Å². The second-order valence-electron chi connectivity index (χ2n) is 4.63. The summed E-state index contributed by atoms with van der Waals surface area (Å²) in [6, 6.07) is 0. The quantitative estimate of drug-likeness (QED) is 0.292. The third-order valence-electron chi connectivity index (χ3n) is 3.62. The van der Waals surface area contributed by atoms with Crippen LogP contribution in [0.1, 0.15) is 65.2 Å². The van der Waals surface area contributed by atoms with Gasteiger partial charge in [0.05, 0.1) is 0 Å². The van der Waals surface area contributed by atoms with Gasteiger partial charge in [-0.25, -0.2) is 12.8 Å². The van der Waals surface area contributed by atoms with Crippen molar-refractivity contribution in [2.45, 2.75) is 65.2 Å². The van der Waals surface area contributed by atoms with Gasteiger partial charge in [0.25, 0.3) is 0 Å². The van der Waals surface area contributed by atoms with E-state index in [-0.39, 0.29) is 37.7 Å². The fourth-order valence-corrected chi connectivity index (χ4v) is 2.69. The molecule has 0 bridgehead atoms. The van der Waals surface area contributed by atoms with Crippen LogP contribution in [-0.4, -0.2) is 0 Å². The van der Waals surface area contributed by atoms with Crippen molar-refractivity contribution >= 4 is 0 Å². The monoisotopic (exact) mass is 208 g/mol. The van der Waals surface area contributed by atoms with Crippen molar-refractivity contribution < 1.29 is 37.7 Å². The molecule has 0 aromatic carbocycles. The third kappa shape index (κ3) is 7.51. The van der Waals surface area contributed by atoms with Gasteiger partial charge in [-0.3, -0.25) is 0 Å². The van der Waals surface area contributed by atoms with E-state index in [1.165, 1.54) is 51.4 Å². The number of hydrogen-bond donors (Lipinski definition) is 0. The summed E-state index contributed by atoms with van der Waals surface area (Å²) in [6.07, 6.45) is 16.1. The van der Waals surface area contributed by atoms with Crippen molar-refractivity contribution in [2.24, 2.45) is 11.8 Å². The Hall–Kier alpha value is 1.19. The summed E-state index contributed by atoms with van der Waals surface area (Å²) in [4.78, 5) is 0. The molecule has 0 N–H and O–H groups in total. The van der Waals surface area contributed by atoms with Crippen molar-refractivity contribution in [1.29, 1.82) is 0 Å². The van der Waals surface area contributed by atoms with Crippen molar-refractivity contribution in [3.05, 3.63) is 12.8 Å². The van der Waals surface area contributed by atoms with E-state index in [0.29, 0.717) is 0 Å². The van der Waals surface area contributed by atoms with Crippen LogP contribution in [0.4, 0.5) is 0 Å². The summed E-state index contributed by atoms with van der Waals surface area (Å²) in [5.41, 5.74) is 0. The van der Waals surface area contributed by atoms with Gasteiger partial charge in [0.2, 0.25) is 0 Å². The molecule has 0 aromatic rings. The van der Waals surface area contributed by atoms with Crippen LogP contribution in [0.3, 0.4) is 0 Å². The Balaban J connectivity index is 0. The molecule has 1 rings (SSSR count). The second kappa shape index (κ2) is 12.6. The summed E-state index contributed by atoms with van der Waals surface area (Å²) in [7, 11) is 0. The predicted octanol–water partition coefficient (Wildman–Crippen LogP) is -1.19. The molecule has 1 aliphatic rings. The van der Waals surface area contributed by atoms with Crippen molar-refractivity contribution in [1.82, 2.24) is 0 Å². The topological polar surface area (TPSA) is 0 Å². The van der Waals surface area contributed by atoms with Crippen molar-refractivity contribution in [3.8, 4) is 0 Å². The minimum absolute atomic E-state index is 0. The molecule has 0 amide bonds. The molecule has 0 spiro atoms. The Morgan fingerprint density at radius 3 is 2.31 bits per heavy atom. The molecule has 2 atom stereocenters. The predicted molar refractivity (Wildman–Crippen MR) is 63.9 cm³/mol. The van der Waals surface area contributed by atoms with Gasteiger partial charge >= 0.3 is 37.7 Å². The summed E-state index contributed by atoms with van der Waals surface area (Å²) >= 11 is 0. The van der Waals surface area contributed by atoms with Crippen molar-refractivity contribution in [2.75, 3.05) is 0 Å². The largest absolute Gasteiger partial charge is 1.00 e. The molecule has 16 heavy (non-hydrogen) atoms. The number of rotatable bonds is 6. The maximum Gasteiger partial charge on any atom is 1.00 e. The van der Waals surface area contributed by atoms with E-state index >= 15 is 0 Å². The third-order valence-corrected chi connectivity index (χ3v) is 3.62. The van der Waals surface area contributed by atoms with Crippen molar-refractivity contribution in [3.63, 3.8) is 0 Å². The van der Waals surface area contributed by atoms with E-state index in [9.17, 15) is 0 Å². The summed E-state index contributed by atoms with van der Waals surface area (Å²) in [5.74, 6) is 1.95. The van der Waals surface area contributed by atoms with Crippen LogP contribution in [0.5, 0.6) is 0 Å². The maximum atomic E-state index is 2.61. The zero-order valence-corrected chi connectivity index (χ0v) is 12.0. The maximum absolute atomic E-state index is 2.61. The van der Waals surface area contributed by atoms with Crippen LogP contribution in [0.15, 0.2) is 0 Å². The minimum Gasteiger partial charge on any atom is -0.331 e. The Labute approximate surface area is 127 Å². The van der Waals surface area contributed by atoms with Gasteiger partial charge in [-0.2, -0.15) is 12.3 Å². The molecule has 0 saturated heterocycles. The molecule has 0 aromatic heterocycles. The summed E-state index contributed by atoms with van der Waals surface area (Å²) < 4.78 is 0. The molecular formula is C14H26Li2. The van der Waals surface area contributed by atoms with Gasteiger partial charge in [-0.05, 0) is 0 Å². The fraction of sp³-hybridized carbons (Fsp3) is 0.857. The first kappa shape index (κ1) is 19.5. The molecule has 0 radical (unpaired) electrons. The molecule has 2 heteroatoms. The first-order chi connectivity index (χ1) is 6.88. The van der Waals surface area contributed by atoms with E-state index in [4.69, 9.17) is 0 Å². The van der Waals surface area contributed by atoms with Gasteiger partial charge in [0.1, 0.15) is 0 Å². The molecule has 0 heterocycles. The first-order valence-corrected chi connectivity index (χ1v) is 6.53. The average molecular weight is 208 g/mol. The van der Waals surface area contributed by atoms with E-state index in [0.717, 1.165) is 11.8 Å². The van der Waals surface area contributed by atoms with Gasteiger partial charge in [-0.1, -0.05) is 51.9 Å². The Morgan fingerprint density at radius 2 is 1.69 bits per heavy atom. The zero-order valence-electron chi connectivity index (χ0n) is 12.0. The van der Waals surface area contributed by atoms with E-state index in [1.54, 1.807) is 0 Å². The smallest absolute Gasteiger partial charge is 0.331 e. The van der Waals surface area contributed by atoms with Crippen LogP contribution in [0, 0.1) is 24.7 Å². The molecule has 0 aliphatic heterocycles. The second-order valence-corrected chi connectivity index (χ2v) is 4.63. The Morgan fingerprint density at radius 1 is 1.00 bits per heavy atom. The normalized spacial score (nSPS) is 24.4. The zero-order chi connectivity index (χ0) is 10.2. The Kier molecular flexibility index (Phi) is 15.4. The van der Waals surface area contributed by atoms with E-state index in [2.05, 4.69) is 26.7 Å². The summed E-state index contributed by atoms with van der Waals surface area (Å²) in [5, 5.41) is 0. The van der Waals surface area contributed by atoms with Crippen LogP contribution in [0.25, 0.3) is 0 Å². The van der Waals surface area contributed by atoms with Gasteiger partial charge < -0.3 is 12.8 Å². The molecule has 84 valence electrons. The van der Waals surface area contributed by atoms with E-state index in [1.807, 2.05) is 0 Å².